The van der Waals surface area contributed by atoms with Crippen molar-refractivity contribution in [3.8, 4) is 0 Å². The van der Waals surface area contributed by atoms with Crippen LogP contribution in [0, 0.1) is 0 Å². The van der Waals surface area contributed by atoms with E-state index in [9.17, 15) is 9.59 Å². The zero-order chi connectivity index (χ0) is 18.5. The molecule has 3 aromatic rings. The molecular formula is C18H15ClN2O4S. The molecule has 0 spiro atoms. The van der Waals surface area contributed by atoms with Gasteiger partial charge in [-0.05, 0) is 43.3 Å². The number of thioether (sulfide) groups is 1. The Kier molecular flexibility index (Phi) is 5.80. The molecule has 0 radical (unpaired) electrons. The van der Waals surface area contributed by atoms with E-state index >= 15 is 0 Å². The van der Waals surface area contributed by atoms with Crippen LogP contribution in [0.3, 0.4) is 0 Å². The molecule has 1 amide bonds. The highest BCUT2D eigenvalue weighted by Gasteiger charge is 2.19. The molecule has 0 aliphatic carbocycles. The van der Waals surface area contributed by atoms with Crippen molar-refractivity contribution in [1.82, 2.24) is 4.98 Å². The standard InChI is InChI=1S/C18H15ClN2O4S/c1-11(17(23)20-13-8-6-12(19)7-9-13)24-16(22)10-26-18-21-14-4-2-3-5-15(14)25-18/h2-9,11H,10H2,1H3,(H,20,23)/t11-/m1/s1. The second-order valence-electron chi connectivity index (χ2n) is 5.36. The van der Waals surface area contributed by atoms with Gasteiger partial charge in [0.15, 0.2) is 11.7 Å². The van der Waals surface area contributed by atoms with Crippen LogP contribution in [-0.4, -0.2) is 28.7 Å². The monoisotopic (exact) mass is 390 g/mol. The number of hydrogen-bond acceptors (Lipinski definition) is 6. The van der Waals surface area contributed by atoms with Crippen LogP contribution >= 0.6 is 23.4 Å². The average molecular weight is 391 g/mol. The number of amides is 1. The minimum Gasteiger partial charge on any atom is -0.452 e. The smallest absolute Gasteiger partial charge is 0.317 e. The summed E-state index contributed by atoms with van der Waals surface area (Å²) < 4.78 is 10.7. The van der Waals surface area contributed by atoms with Gasteiger partial charge in [-0.25, -0.2) is 4.98 Å². The van der Waals surface area contributed by atoms with Crippen LogP contribution in [0.25, 0.3) is 11.1 Å². The number of nitrogens with one attached hydrogen (secondary N) is 1. The van der Waals surface area contributed by atoms with Crippen molar-refractivity contribution in [3.63, 3.8) is 0 Å². The molecule has 1 aromatic heterocycles. The van der Waals surface area contributed by atoms with E-state index in [1.54, 1.807) is 30.3 Å². The number of halogens is 1. The highest BCUT2D eigenvalue weighted by Crippen LogP contribution is 2.23. The predicted octanol–water partition coefficient (Wildman–Crippen LogP) is 4.14. The van der Waals surface area contributed by atoms with Crippen molar-refractivity contribution in [1.29, 1.82) is 0 Å². The van der Waals surface area contributed by atoms with Crippen LogP contribution < -0.4 is 5.32 Å². The summed E-state index contributed by atoms with van der Waals surface area (Å²) in [5.74, 6) is -0.964. The number of carbonyl (C=O) groups is 2. The molecule has 0 fully saturated rings. The number of benzene rings is 2. The third-order valence-corrected chi connectivity index (χ3v) is 4.43. The molecule has 1 N–H and O–H groups in total. The van der Waals surface area contributed by atoms with Gasteiger partial charge in [0.1, 0.15) is 11.3 Å². The Morgan fingerprint density at radius 2 is 1.96 bits per heavy atom. The van der Waals surface area contributed by atoms with Crippen molar-refractivity contribution in [2.45, 2.75) is 18.3 Å². The second kappa shape index (κ2) is 8.25. The topological polar surface area (TPSA) is 81.4 Å². The Balaban J connectivity index is 1.48. The minimum atomic E-state index is -0.928. The fourth-order valence-corrected chi connectivity index (χ4v) is 2.84. The third kappa shape index (κ3) is 4.77. The van der Waals surface area contributed by atoms with Gasteiger partial charge >= 0.3 is 5.97 Å². The quantitative estimate of drug-likeness (QED) is 0.503. The van der Waals surface area contributed by atoms with E-state index in [0.717, 1.165) is 17.3 Å². The lowest BCUT2D eigenvalue weighted by atomic mass is 10.3. The van der Waals surface area contributed by atoms with Gasteiger partial charge in [-0.1, -0.05) is 35.5 Å². The summed E-state index contributed by atoms with van der Waals surface area (Å²) in [7, 11) is 0. The van der Waals surface area contributed by atoms with E-state index in [0.29, 0.717) is 21.5 Å². The number of esters is 1. The van der Waals surface area contributed by atoms with Gasteiger partial charge in [-0.3, -0.25) is 9.59 Å². The maximum atomic E-state index is 12.1. The van der Waals surface area contributed by atoms with E-state index < -0.39 is 18.0 Å². The number of fused-ring (bicyclic) bond motifs is 1. The lowest BCUT2D eigenvalue weighted by Crippen LogP contribution is -2.30. The number of rotatable bonds is 6. The average Bonchev–Trinajstić information content (AvgIpc) is 3.05. The van der Waals surface area contributed by atoms with Gasteiger partial charge in [-0.15, -0.1) is 0 Å². The number of carbonyl (C=O) groups excluding carboxylic acids is 2. The Morgan fingerprint density at radius 3 is 2.69 bits per heavy atom. The van der Waals surface area contributed by atoms with E-state index in [2.05, 4.69) is 10.3 Å². The molecule has 0 saturated heterocycles. The first-order valence-corrected chi connectivity index (χ1v) is 9.12. The van der Waals surface area contributed by atoms with Crippen LogP contribution in [0.15, 0.2) is 58.2 Å². The zero-order valence-electron chi connectivity index (χ0n) is 13.8. The summed E-state index contributed by atoms with van der Waals surface area (Å²) in [6, 6.07) is 14.0. The van der Waals surface area contributed by atoms with Gasteiger partial charge in [0.2, 0.25) is 0 Å². The van der Waals surface area contributed by atoms with Gasteiger partial charge in [0, 0.05) is 10.7 Å². The van der Waals surface area contributed by atoms with E-state index in [1.807, 2.05) is 18.2 Å². The summed E-state index contributed by atoms with van der Waals surface area (Å²) in [6.07, 6.45) is -0.928. The van der Waals surface area contributed by atoms with Crippen LogP contribution in [0.4, 0.5) is 5.69 Å². The van der Waals surface area contributed by atoms with Gasteiger partial charge in [-0.2, -0.15) is 0 Å². The number of anilines is 1. The highest BCUT2D eigenvalue weighted by molar-refractivity contribution is 7.99. The molecule has 2 aromatic carbocycles. The van der Waals surface area contributed by atoms with Gasteiger partial charge < -0.3 is 14.5 Å². The molecule has 8 heteroatoms. The Morgan fingerprint density at radius 1 is 1.23 bits per heavy atom. The predicted molar refractivity (Wildman–Crippen MR) is 100 cm³/mol. The lowest BCUT2D eigenvalue weighted by molar-refractivity contribution is -0.150. The summed E-state index contributed by atoms with van der Waals surface area (Å²) in [4.78, 5) is 28.3. The first kappa shape index (κ1) is 18.3. The van der Waals surface area contributed by atoms with Crippen LogP contribution in [0.2, 0.25) is 5.02 Å². The van der Waals surface area contributed by atoms with Crippen molar-refractivity contribution in [3.05, 3.63) is 53.6 Å². The summed E-state index contributed by atoms with van der Waals surface area (Å²) in [6.45, 7) is 1.51. The maximum absolute atomic E-state index is 12.1. The van der Waals surface area contributed by atoms with Crippen molar-refractivity contribution in [2.24, 2.45) is 0 Å². The second-order valence-corrected chi connectivity index (χ2v) is 6.73. The zero-order valence-corrected chi connectivity index (χ0v) is 15.3. The summed E-state index contributed by atoms with van der Waals surface area (Å²) in [5, 5.41) is 3.60. The molecule has 6 nitrogen and oxygen atoms in total. The van der Waals surface area contributed by atoms with Gasteiger partial charge in [0.05, 0.1) is 0 Å². The first-order valence-electron chi connectivity index (χ1n) is 7.75. The van der Waals surface area contributed by atoms with Crippen molar-refractivity contribution < 1.29 is 18.7 Å². The molecule has 1 atom stereocenters. The molecule has 0 aliphatic heterocycles. The molecule has 0 saturated carbocycles. The third-order valence-electron chi connectivity index (χ3n) is 3.38. The molecule has 0 aliphatic rings. The lowest BCUT2D eigenvalue weighted by Gasteiger charge is -2.13. The normalized spacial score (nSPS) is 11.9. The maximum Gasteiger partial charge on any atom is 0.317 e. The first-order chi connectivity index (χ1) is 12.5. The molecule has 26 heavy (non-hydrogen) atoms. The van der Waals surface area contributed by atoms with Crippen LogP contribution in [0.5, 0.6) is 0 Å². The Bertz CT molecular complexity index is 893. The van der Waals surface area contributed by atoms with Crippen molar-refractivity contribution >= 4 is 52.0 Å². The molecule has 134 valence electrons. The SMILES string of the molecule is C[C@@H](OC(=O)CSc1nc2ccccc2o1)C(=O)Nc1ccc(Cl)cc1. The number of aromatic nitrogens is 1. The fourth-order valence-electron chi connectivity index (χ4n) is 2.10. The number of nitrogens with zero attached hydrogens (tertiary/aromatic N) is 1. The molecule has 1 heterocycles. The fraction of sp³-hybridized carbons (Fsp3) is 0.167. The number of oxazole rings is 1. The number of ether oxygens (including phenoxy) is 1. The number of para-hydroxylation sites is 2. The molecule has 0 unspecified atom stereocenters. The molecule has 0 bridgehead atoms. The Hall–Kier alpha value is -2.51. The van der Waals surface area contributed by atoms with Crippen LogP contribution in [-0.2, 0) is 14.3 Å². The summed E-state index contributed by atoms with van der Waals surface area (Å²) >= 11 is 6.91. The van der Waals surface area contributed by atoms with Gasteiger partial charge in [0.25, 0.3) is 11.1 Å². The molecular weight excluding hydrogens is 376 g/mol. The molecule has 3 rings (SSSR count). The highest BCUT2D eigenvalue weighted by atomic mass is 35.5. The van der Waals surface area contributed by atoms with Crippen LogP contribution in [0.1, 0.15) is 6.92 Å². The minimum absolute atomic E-state index is 0.00854. The largest absolute Gasteiger partial charge is 0.452 e. The summed E-state index contributed by atoms with van der Waals surface area (Å²) in [5.41, 5.74) is 1.95. The van der Waals surface area contributed by atoms with E-state index in [1.165, 1.54) is 6.92 Å². The van der Waals surface area contributed by atoms with E-state index in [-0.39, 0.29) is 5.75 Å². The Labute approximate surface area is 158 Å². The number of hydrogen-bond donors (Lipinski definition) is 1. The van der Waals surface area contributed by atoms with E-state index in [4.69, 9.17) is 20.8 Å². The van der Waals surface area contributed by atoms with Crippen molar-refractivity contribution in [2.75, 3.05) is 11.1 Å².